The summed E-state index contributed by atoms with van der Waals surface area (Å²) in [6.07, 6.45) is -0.112. The zero-order chi connectivity index (χ0) is 25.6. The van der Waals surface area contributed by atoms with Gasteiger partial charge in [0.2, 0.25) is 0 Å². The van der Waals surface area contributed by atoms with Gasteiger partial charge in [-0.05, 0) is 48.6 Å². The zero-order valence-corrected chi connectivity index (χ0v) is 20.2. The van der Waals surface area contributed by atoms with Gasteiger partial charge in [-0.15, -0.1) is 0 Å². The molecule has 2 aliphatic heterocycles. The Bertz CT molecular complexity index is 1330. The molecule has 1 aliphatic carbocycles. The molecule has 1 amide bonds. The molecule has 36 heavy (non-hydrogen) atoms. The highest BCUT2D eigenvalue weighted by atomic mass is 32.2. The molecule has 1 saturated heterocycles. The zero-order valence-electron chi connectivity index (χ0n) is 19.4. The van der Waals surface area contributed by atoms with Crippen molar-refractivity contribution < 1.29 is 41.7 Å². The second-order valence-electron chi connectivity index (χ2n) is 9.12. The van der Waals surface area contributed by atoms with E-state index in [1.165, 1.54) is 18.1 Å². The summed E-state index contributed by atoms with van der Waals surface area (Å²) in [4.78, 5) is 24.7. The van der Waals surface area contributed by atoms with Crippen molar-refractivity contribution in [2.45, 2.75) is 36.4 Å². The highest BCUT2D eigenvalue weighted by Gasteiger charge is 2.45. The van der Waals surface area contributed by atoms with Gasteiger partial charge in [0.1, 0.15) is 17.1 Å². The number of likely N-dealkylation sites (tertiary alicyclic amines) is 1. The highest BCUT2D eigenvalue weighted by Crippen LogP contribution is 2.55. The number of esters is 1. The van der Waals surface area contributed by atoms with Gasteiger partial charge in [-0.3, -0.25) is 4.72 Å². The molecule has 3 atom stereocenters. The van der Waals surface area contributed by atoms with E-state index in [1.807, 2.05) is 0 Å². The first-order valence-electron chi connectivity index (χ1n) is 11.5. The van der Waals surface area contributed by atoms with Crippen molar-refractivity contribution in [2.24, 2.45) is 5.92 Å². The molecule has 2 fully saturated rings. The van der Waals surface area contributed by atoms with Gasteiger partial charge in [-0.2, -0.15) is 0 Å². The maximum absolute atomic E-state index is 14.0. The molecule has 2 N–H and O–H groups in total. The number of nitrogens with zero attached hydrogens (tertiary/aromatic N) is 1. The van der Waals surface area contributed by atoms with Gasteiger partial charge in [-0.25, -0.2) is 22.4 Å². The molecule has 0 spiro atoms. The molecule has 2 heterocycles. The van der Waals surface area contributed by atoms with Crippen LogP contribution in [0.3, 0.4) is 0 Å². The average Bonchev–Trinajstić information content (AvgIpc) is 3.49. The Kier molecular flexibility index (Phi) is 6.25. The first-order chi connectivity index (χ1) is 17.2. The molecule has 2 aromatic carbocycles. The number of nitrogens with one attached hydrogen (secondary N) is 1. The summed E-state index contributed by atoms with van der Waals surface area (Å²) < 4.78 is 59.7. The van der Waals surface area contributed by atoms with Gasteiger partial charge in [0.15, 0.2) is 0 Å². The van der Waals surface area contributed by atoms with Crippen molar-refractivity contribution in [3.8, 4) is 5.75 Å². The van der Waals surface area contributed by atoms with E-state index < -0.39 is 34.0 Å². The fourth-order valence-corrected chi connectivity index (χ4v) is 6.09. The average molecular weight is 521 g/mol. The minimum Gasteiger partial charge on any atom is -0.492 e. The van der Waals surface area contributed by atoms with Gasteiger partial charge in [0, 0.05) is 18.0 Å². The molecule has 2 aromatic rings. The molecular formula is C24H25FN2O8S. The van der Waals surface area contributed by atoms with Crippen LogP contribution in [0.2, 0.25) is 0 Å². The lowest BCUT2D eigenvalue weighted by Gasteiger charge is -2.22. The Morgan fingerprint density at radius 3 is 2.81 bits per heavy atom. The second kappa shape index (κ2) is 9.25. The first kappa shape index (κ1) is 24.3. The number of rotatable bonds is 7. The van der Waals surface area contributed by atoms with Gasteiger partial charge in [0.25, 0.3) is 10.0 Å². The molecule has 3 unspecified atom stereocenters. The first-order valence-corrected chi connectivity index (χ1v) is 12.9. The van der Waals surface area contributed by atoms with E-state index in [1.54, 1.807) is 6.07 Å². The molecular weight excluding hydrogens is 495 g/mol. The third-order valence-corrected chi connectivity index (χ3v) is 8.25. The van der Waals surface area contributed by atoms with Crippen molar-refractivity contribution in [1.29, 1.82) is 0 Å². The van der Waals surface area contributed by atoms with Crippen molar-refractivity contribution in [1.82, 2.24) is 4.90 Å². The summed E-state index contributed by atoms with van der Waals surface area (Å²) in [7, 11) is -3.09. The van der Waals surface area contributed by atoms with Crippen LogP contribution in [0.15, 0.2) is 35.2 Å². The quantitative estimate of drug-likeness (QED) is 0.532. The Labute approximate surface area is 207 Å². The van der Waals surface area contributed by atoms with E-state index in [-0.39, 0.29) is 40.8 Å². The van der Waals surface area contributed by atoms with Crippen LogP contribution in [0.25, 0.3) is 0 Å². The molecule has 0 bridgehead atoms. The minimum atomic E-state index is -4.29. The molecule has 10 nitrogen and oxygen atoms in total. The van der Waals surface area contributed by atoms with Crippen LogP contribution in [0.4, 0.5) is 14.9 Å². The summed E-state index contributed by atoms with van der Waals surface area (Å²) in [5, 5.41) is 9.11. The summed E-state index contributed by atoms with van der Waals surface area (Å²) in [5.74, 6) is -0.406. The van der Waals surface area contributed by atoms with Crippen LogP contribution in [0, 0.1) is 11.7 Å². The summed E-state index contributed by atoms with van der Waals surface area (Å²) in [6, 6.07) is 6.45. The summed E-state index contributed by atoms with van der Waals surface area (Å²) >= 11 is 0. The maximum atomic E-state index is 14.0. The second-order valence-corrected chi connectivity index (χ2v) is 10.8. The Morgan fingerprint density at radius 1 is 1.28 bits per heavy atom. The number of benzene rings is 2. The van der Waals surface area contributed by atoms with E-state index in [9.17, 15) is 22.4 Å². The van der Waals surface area contributed by atoms with E-state index >= 15 is 0 Å². The van der Waals surface area contributed by atoms with Gasteiger partial charge in [0.05, 0.1) is 43.6 Å². The lowest BCUT2D eigenvalue weighted by Crippen LogP contribution is -2.28. The Morgan fingerprint density at radius 2 is 2.08 bits per heavy atom. The van der Waals surface area contributed by atoms with E-state index in [0.717, 1.165) is 30.2 Å². The predicted octanol–water partition coefficient (Wildman–Crippen LogP) is 3.18. The van der Waals surface area contributed by atoms with Gasteiger partial charge in [-0.1, -0.05) is 6.07 Å². The van der Waals surface area contributed by atoms with E-state index in [4.69, 9.17) is 19.3 Å². The molecule has 192 valence electrons. The molecule has 0 aromatic heterocycles. The van der Waals surface area contributed by atoms with Crippen molar-refractivity contribution in [3.05, 3.63) is 52.8 Å². The number of hydrogen-bond acceptors (Lipinski definition) is 7. The lowest BCUT2D eigenvalue weighted by molar-refractivity contribution is 0.0453. The fraction of sp³-hybridized carbons (Fsp3) is 0.417. The normalized spacial score (nSPS) is 22.3. The third-order valence-electron chi connectivity index (χ3n) is 6.79. The van der Waals surface area contributed by atoms with Crippen LogP contribution in [0.1, 0.15) is 40.2 Å². The van der Waals surface area contributed by atoms with E-state index in [0.29, 0.717) is 31.2 Å². The minimum absolute atomic E-state index is 0.0104. The van der Waals surface area contributed by atoms with E-state index in [2.05, 4.69) is 4.72 Å². The number of sulfonamides is 1. The third kappa shape index (κ3) is 4.58. The van der Waals surface area contributed by atoms with Crippen molar-refractivity contribution in [2.75, 3.05) is 31.5 Å². The number of halogens is 1. The van der Waals surface area contributed by atoms with Crippen molar-refractivity contribution >= 4 is 27.8 Å². The summed E-state index contributed by atoms with van der Waals surface area (Å²) in [6.45, 7) is 0.642. The number of carbonyl (C=O) groups is 2. The highest BCUT2D eigenvalue weighted by molar-refractivity contribution is 7.92. The molecule has 3 aliphatic rings. The number of carboxylic acid groups (broad SMARTS) is 1. The summed E-state index contributed by atoms with van der Waals surface area (Å²) in [5.41, 5.74) is 0.885. The van der Waals surface area contributed by atoms with Crippen LogP contribution >= 0.6 is 0 Å². The largest absolute Gasteiger partial charge is 0.492 e. The predicted molar refractivity (Wildman–Crippen MR) is 124 cm³/mol. The van der Waals surface area contributed by atoms with Crippen LogP contribution in [0.5, 0.6) is 5.75 Å². The number of ether oxygens (including phenoxy) is 3. The standard InChI is InChI=1S/C24H25FN2O8S/c1-33-23(28)21-19(4-3-17-18-9-13(18)11-35-22(17)21)26-36(31,32)20-5-2-15(25)8-14(20)12-34-16-6-7-27(10-16)24(29)30/h2-5,8,13,16,18,26H,6-7,9-12H2,1H3,(H,29,30). The number of fused-ring (bicyclic) bond motifs is 3. The Hall–Kier alpha value is -3.38. The van der Waals surface area contributed by atoms with Crippen LogP contribution in [-0.4, -0.2) is 63.4 Å². The maximum Gasteiger partial charge on any atom is 0.407 e. The number of methoxy groups -OCH3 is 1. The molecule has 12 heteroatoms. The number of carbonyl (C=O) groups excluding carboxylic acids is 1. The van der Waals surface area contributed by atoms with Gasteiger partial charge < -0.3 is 24.2 Å². The van der Waals surface area contributed by atoms with Crippen LogP contribution < -0.4 is 9.46 Å². The Balaban J connectivity index is 1.42. The number of anilines is 1. The lowest BCUT2D eigenvalue weighted by atomic mass is 10.0. The molecule has 5 rings (SSSR count). The number of hydrogen-bond donors (Lipinski definition) is 2. The van der Waals surface area contributed by atoms with Crippen molar-refractivity contribution in [3.63, 3.8) is 0 Å². The monoisotopic (exact) mass is 520 g/mol. The topological polar surface area (TPSA) is 131 Å². The molecule has 0 radical (unpaired) electrons. The number of amides is 1. The van der Waals surface area contributed by atoms with Gasteiger partial charge >= 0.3 is 12.1 Å². The van der Waals surface area contributed by atoms with Crippen LogP contribution in [-0.2, 0) is 26.1 Å². The molecule has 1 saturated carbocycles. The SMILES string of the molecule is COC(=O)c1c(NS(=O)(=O)c2ccc(F)cc2COC2CCN(C(=O)O)C2)ccc2c1OCC1CC21. The fourth-order valence-electron chi connectivity index (χ4n) is 4.81. The smallest absolute Gasteiger partial charge is 0.407 e.